The molecule has 0 amide bonds. The number of nitrogens with zero attached hydrogens (tertiary/aromatic N) is 1. The van der Waals surface area contributed by atoms with E-state index in [-0.39, 0.29) is 17.0 Å². The zero-order valence-electron chi connectivity index (χ0n) is 10.4. The summed E-state index contributed by atoms with van der Waals surface area (Å²) >= 11 is 0. The SMILES string of the molecule is Br.CCNC(N)=NCCc1ccc2[nH]ccc2c1. The van der Waals surface area contributed by atoms with Crippen molar-refractivity contribution < 1.29 is 0 Å². The predicted molar refractivity (Wildman–Crippen MR) is 82.5 cm³/mol. The third kappa shape index (κ3) is 3.77. The Kier molecular flexibility index (Phi) is 5.71. The van der Waals surface area contributed by atoms with Crippen LogP contribution in [-0.4, -0.2) is 24.0 Å². The standard InChI is InChI=1S/C13H18N4.BrH/c1-2-15-13(14)17-7-5-10-3-4-12-11(9-10)6-8-16-12;/h3-4,6,8-9,16H,2,5,7H2,1H3,(H3,14,15,17);1H. The summed E-state index contributed by atoms with van der Waals surface area (Å²) in [6.07, 6.45) is 2.86. The number of hydrogen-bond donors (Lipinski definition) is 3. The molecule has 2 aromatic rings. The minimum absolute atomic E-state index is 0. The molecule has 0 aliphatic heterocycles. The first-order valence-corrected chi connectivity index (χ1v) is 5.89. The fourth-order valence-electron chi connectivity index (χ4n) is 1.80. The van der Waals surface area contributed by atoms with Crippen LogP contribution in [0.15, 0.2) is 35.5 Å². The maximum absolute atomic E-state index is 5.66. The third-order valence-corrected chi connectivity index (χ3v) is 2.66. The van der Waals surface area contributed by atoms with Gasteiger partial charge in [-0.25, -0.2) is 0 Å². The topological polar surface area (TPSA) is 66.2 Å². The lowest BCUT2D eigenvalue weighted by Gasteiger charge is -2.02. The second-order valence-corrected chi connectivity index (χ2v) is 3.95. The van der Waals surface area contributed by atoms with Gasteiger partial charge in [0.2, 0.25) is 0 Å². The summed E-state index contributed by atoms with van der Waals surface area (Å²) in [5.74, 6) is 0.523. The molecule has 98 valence electrons. The van der Waals surface area contributed by atoms with Gasteiger partial charge in [-0.3, -0.25) is 4.99 Å². The normalized spacial score (nSPS) is 11.3. The molecule has 4 nitrogen and oxygen atoms in total. The second-order valence-electron chi connectivity index (χ2n) is 3.95. The van der Waals surface area contributed by atoms with Gasteiger partial charge in [-0.05, 0) is 42.5 Å². The number of aliphatic imine (C=N–C) groups is 1. The summed E-state index contributed by atoms with van der Waals surface area (Å²) in [5.41, 5.74) is 8.11. The monoisotopic (exact) mass is 310 g/mol. The van der Waals surface area contributed by atoms with Crippen LogP contribution in [0.2, 0.25) is 0 Å². The van der Waals surface area contributed by atoms with Crippen molar-refractivity contribution in [2.45, 2.75) is 13.3 Å². The summed E-state index contributed by atoms with van der Waals surface area (Å²) in [6, 6.07) is 8.49. The number of hydrogen-bond acceptors (Lipinski definition) is 1. The highest BCUT2D eigenvalue weighted by Crippen LogP contribution is 2.14. The molecule has 0 fully saturated rings. The summed E-state index contributed by atoms with van der Waals surface area (Å²) in [7, 11) is 0. The summed E-state index contributed by atoms with van der Waals surface area (Å²) in [5, 5.41) is 4.22. The molecule has 0 aliphatic rings. The quantitative estimate of drug-likeness (QED) is 0.599. The second kappa shape index (κ2) is 7.06. The van der Waals surface area contributed by atoms with Gasteiger partial charge in [-0.2, -0.15) is 0 Å². The van der Waals surface area contributed by atoms with Crippen molar-refractivity contribution in [2.24, 2.45) is 10.7 Å². The number of nitrogens with two attached hydrogens (primary N) is 1. The number of halogens is 1. The van der Waals surface area contributed by atoms with E-state index in [0.717, 1.165) is 19.5 Å². The third-order valence-electron chi connectivity index (χ3n) is 2.66. The summed E-state index contributed by atoms with van der Waals surface area (Å²) in [4.78, 5) is 7.43. The molecule has 2 rings (SSSR count). The van der Waals surface area contributed by atoms with Gasteiger partial charge in [-0.15, -0.1) is 17.0 Å². The van der Waals surface area contributed by atoms with Gasteiger partial charge in [0.25, 0.3) is 0 Å². The molecule has 1 aromatic heterocycles. The summed E-state index contributed by atoms with van der Waals surface area (Å²) in [6.45, 7) is 3.53. The van der Waals surface area contributed by atoms with Gasteiger partial charge in [0.1, 0.15) is 0 Å². The van der Waals surface area contributed by atoms with Gasteiger partial charge >= 0.3 is 0 Å². The Morgan fingerprint density at radius 3 is 3.00 bits per heavy atom. The molecule has 0 spiro atoms. The maximum atomic E-state index is 5.66. The number of guanidine groups is 1. The molecule has 0 atom stereocenters. The molecular weight excluding hydrogens is 292 g/mol. The lowest BCUT2D eigenvalue weighted by atomic mass is 10.1. The molecule has 0 unspecified atom stereocenters. The predicted octanol–water partition coefficient (Wildman–Crippen LogP) is 2.21. The molecule has 1 aromatic carbocycles. The van der Waals surface area contributed by atoms with Gasteiger partial charge < -0.3 is 16.0 Å². The summed E-state index contributed by atoms with van der Waals surface area (Å²) < 4.78 is 0. The first kappa shape index (κ1) is 14.6. The minimum atomic E-state index is 0. The van der Waals surface area contributed by atoms with Gasteiger partial charge in [-0.1, -0.05) is 6.07 Å². The first-order valence-electron chi connectivity index (χ1n) is 5.89. The van der Waals surface area contributed by atoms with Gasteiger partial charge in [0.15, 0.2) is 5.96 Å². The number of benzene rings is 1. The number of aromatic amines is 1. The highest BCUT2D eigenvalue weighted by Gasteiger charge is 1.97. The van der Waals surface area contributed by atoms with E-state index in [1.807, 2.05) is 13.1 Å². The van der Waals surface area contributed by atoms with Crippen molar-refractivity contribution in [3.63, 3.8) is 0 Å². The van der Waals surface area contributed by atoms with E-state index >= 15 is 0 Å². The minimum Gasteiger partial charge on any atom is -0.370 e. The van der Waals surface area contributed by atoms with Crippen LogP contribution in [0.4, 0.5) is 0 Å². The number of aromatic nitrogens is 1. The highest BCUT2D eigenvalue weighted by atomic mass is 79.9. The Balaban J connectivity index is 0.00000162. The van der Waals surface area contributed by atoms with Crippen molar-refractivity contribution in [1.82, 2.24) is 10.3 Å². The van der Waals surface area contributed by atoms with E-state index in [1.54, 1.807) is 0 Å². The van der Waals surface area contributed by atoms with Gasteiger partial charge in [0.05, 0.1) is 0 Å². The van der Waals surface area contributed by atoms with Crippen molar-refractivity contribution >= 4 is 33.8 Å². The van der Waals surface area contributed by atoms with Crippen molar-refractivity contribution in [2.75, 3.05) is 13.1 Å². The van der Waals surface area contributed by atoms with Crippen molar-refractivity contribution in [1.29, 1.82) is 0 Å². The van der Waals surface area contributed by atoms with E-state index in [4.69, 9.17) is 5.73 Å². The van der Waals surface area contributed by atoms with E-state index in [1.165, 1.54) is 16.5 Å². The molecular formula is C13H19BrN4. The average Bonchev–Trinajstić information content (AvgIpc) is 2.76. The van der Waals surface area contributed by atoms with Crippen LogP contribution in [-0.2, 0) is 6.42 Å². The molecule has 4 N–H and O–H groups in total. The Hall–Kier alpha value is -1.49. The fourth-order valence-corrected chi connectivity index (χ4v) is 1.80. The van der Waals surface area contributed by atoms with Crippen molar-refractivity contribution in [3.05, 3.63) is 36.0 Å². The van der Waals surface area contributed by atoms with E-state index < -0.39 is 0 Å². The molecule has 1 heterocycles. The van der Waals surface area contributed by atoms with Gasteiger partial charge in [0, 0.05) is 24.8 Å². The molecule has 0 radical (unpaired) electrons. The Bertz CT molecular complexity index is 518. The number of H-pyrrole nitrogens is 1. The van der Waals surface area contributed by atoms with Crippen LogP contribution in [0, 0.1) is 0 Å². The van der Waals surface area contributed by atoms with Crippen molar-refractivity contribution in [3.8, 4) is 0 Å². The van der Waals surface area contributed by atoms with E-state index in [9.17, 15) is 0 Å². The first-order chi connectivity index (χ1) is 8.29. The van der Waals surface area contributed by atoms with E-state index in [0.29, 0.717) is 5.96 Å². The average molecular weight is 311 g/mol. The highest BCUT2D eigenvalue weighted by molar-refractivity contribution is 8.93. The maximum Gasteiger partial charge on any atom is 0.188 e. The van der Waals surface area contributed by atoms with E-state index in [2.05, 4.69) is 39.6 Å². The zero-order valence-corrected chi connectivity index (χ0v) is 12.2. The molecule has 0 saturated heterocycles. The zero-order chi connectivity index (χ0) is 12.1. The smallest absolute Gasteiger partial charge is 0.188 e. The lowest BCUT2D eigenvalue weighted by Crippen LogP contribution is -2.31. The Morgan fingerprint density at radius 1 is 1.39 bits per heavy atom. The van der Waals surface area contributed by atoms with Crippen LogP contribution in [0.25, 0.3) is 10.9 Å². The largest absolute Gasteiger partial charge is 0.370 e. The van der Waals surface area contributed by atoms with Crippen LogP contribution in [0.1, 0.15) is 12.5 Å². The lowest BCUT2D eigenvalue weighted by molar-refractivity contribution is 0.906. The Morgan fingerprint density at radius 2 is 2.22 bits per heavy atom. The van der Waals surface area contributed by atoms with Crippen LogP contribution in [0.3, 0.4) is 0 Å². The number of rotatable bonds is 4. The van der Waals surface area contributed by atoms with Crippen LogP contribution >= 0.6 is 17.0 Å². The molecule has 0 aliphatic carbocycles. The molecule has 18 heavy (non-hydrogen) atoms. The number of fused-ring (bicyclic) bond motifs is 1. The number of nitrogens with one attached hydrogen (secondary N) is 2. The fraction of sp³-hybridized carbons (Fsp3) is 0.308. The molecule has 0 bridgehead atoms. The molecule has 0 saturated carbocycles. The Labute approximate surface area is 117 Å². The van der Waals surface area contributed by atoms with Crippen LogP contribution in [0.5, 0.6) is 0 Å². The van der Waals surface area contributed by atoms with Crippen LogP contribution < -0.4 is 11.1 Å². The molecule has 5 heteroatoms.